The molecule has 0 amide bonds. The summed E-state index contributed by atoms with van der Waals surface area (Å²) < 4.78 is 0. The molecule has 0 unspecified atom stereocenters. The number of likely N-dealkylation sites (tertiary alicyclic amines) is 1. The van der Waals surface area contributed by atoms with Crippen LogP contribution in [0.15, 0.2) is 30.3 Å². The second-order valence-electron chi connectivity index (χ2n) is 4.48. The lowest BCUT2D eigenvalue weighted by molar-refractivity contribution is 0.159. The number of benzene rings is 1. The molecule has 0 spiro atoms. The molecule has 2 rings (SSSR count). The van der Waals surface area contributed by atoms with Crippen molar-refractivity contribution in [2.45, 2.75) is 31.8 Å². The average molecular weight is 204 g/mol. The number of nitrogens with two attached hydrogens (primary N) is 1. The van der Waals surface area contributed by atoms with Crippen LogP contribution in [0.25, 0.3) is 0 Å². The quantitative estimate of drug-likeness (QED) is 0.800. The summed E-state index contributed by atoms with van der Waals surface area (Å²) in [6.45, 7) is 4.49. The molecule has 0 bridgehead atoms. The van der Waals surface area contributed by atoms with E-state index in [-0.39, 0.29) is 0 Å². The van der Waals surface area contributed by atoms with Crippen LogP contribution in [0.5, 0.6) is 0 Å². The second-order valence-corrected chi connectivity index (χ2v) is 4.48. The van der Waals surface area contributed by atoms with Crippen LogP contribution < -0.4 is 5.73 Å². The van der Waals surface area contributed by atoms with E-state index in [0.717, 1.165) is 6.54 Å². The van der Waals surface area contributed by atoms with Crippen molar-refractivity contribution in [3.8, 4) is 0 Å². The second kappa shape index (κ2) is 4.77. The molecule has 0 aromatic heterocycles. The Morgan fingerprint density at radius 3 is 2.73 bits per heavy atom. The summed E-state index contributed by atoms with van der Waals surface area (Å²) >= 11 is 0. The monoisotopic (exact) mass is 204 g/mol. The van der Waals surface area contributed by atoms with E-state index in [0.29, 0.717) is 12.1 Å². The Bertz CT molecular complexity index is 297. The van der Waals surface area contributed by atoms with E-state index in [4.69, 9.17) is 5.73 Å². The molecule has 1 aromatic carbocycles. The van der Waals surface area contributed by atoms with Crippen LogP contribution in [-0.2, 0) is 0 Å². The zero-order chi connectivity index (χ0) is 10.7. The Hall–Kier alpha value is -0.860. The van der Waals surface area contributed by atoms with Crippen molar-refractivity contribution in [1.29, 1.82) is 0 Å². The molecular weight excluding hydrogens is 184 g/mol. The summed E-state index contributed by atoms with van der Waals surface area (Å²) in [6.07, 6.45) is 2.41. The van der Waals surface area contributed by atoms with E-state index in [1.54, 1.807) is 0 Å². The van der Waals surface area contributed by atoms with E-state index < -0.39 is 0 Å². The molecule has 1 heterocycles. The van der Waals surface area contributed by atoms with Crippen LogP contribution in [0.1, 0.15) is 31.4 Å². The average Bonchev–Trinajstić information content (AvgIpc) is 2.29. The highest BCUT2D eigenvalue weighted by Gasteiger charge is 2.21. The van der Waals surface area contributed by atoms with Crippen LogP contribution in [0, 0.1) is 0 Å². The van der Waals surface area contributed by atoms with Gasteiger partial charge in [0.1, 0.15) is 0 Å². The van der Waals surface area contributed by atoms with E-state index in [9.17, 15) is 0 Å². The summed E-state index contributed by atoms with van der Waals surface area (Å²) in [4.78, 5) is 2.49. The summed E-state index contributed by atoms with van der Waals surface area (Å²) in [7, 11) is 0. The predicted molar refractivity (Wildman–Crippen MR) is 63.6 cm³/mol. The summed E-state index contributed by atoms with van der Waals surface area (Å²) in [5, 5.41) is 0. The van der Waals surface area contributed by atoms with Crippen LogP contribution in [0.4, 0.5) is 0 Å². The maximum Gasteiger partial charge on any atom is 0.0320 e. The van der Waals surface area contributed by atoms with Crippen LogP contribution in [0.3, 0.4) is 0 Å². The van der Waals surface area contributed by atoms with Gasteiger partial charge in [-0.1, -0.05) is 30.3 Å². The molecule has 0 aliphatic carbocycles. The lowest BCUT2D eigenvalue weighted by Crippen LogP contribution is -2.43. The van der Waals surface area contributed by atoms with Gasteiger partial charge in [-0.3, -0.25) is 4.90 Å². The normalized spacial score (nSPS) is 25.1. The first-order chi connectivity index (χ1) is 7.27. The minimum atomic E-state index is 0.366. The van der Waals surface area contributed by atoms with Gasteiger partial charge in [0, 0.05) is 18.6 Å². The van der Waals surface area contributed by atoms with Gasteiger partial charge in [0.2, 0.25) is 0 Å². The molecule has 1 aliphatic heterocycles. The third-order valence-electron chi connectivity index (χ3n) is 3.32. The lowest BCUT2D eigenvalue weighted by atomic mass is 10.0. The topological polar surface area (TPSA) is 29.3 Å². The van der Waals surface area contributed by atoms with Crippen molar-refractivity contribution in [3.05, 3.63) is 35.9 Å². The SMILES string of the molecule is C[C@H](c1ccccc1)N1CCC[C@@H](N)C1. The highest BCUT2D eigenvalue weighted by molar-refractivity contribution is 5.18. The number of hydrogen-bond donors (Lipinski definition) is 1. The van der Waals surface area contributed by atoms with Gasteiger partial charge >= 0.3 is 0 Å². The smallest absolute Gasteiger partial charge is 0.0320 e. The van der Waals surface area contributed by atoms with Crippen LogP contribution in [-0.4, -0.2) is 24.0 Å². The van der Waals surface area contributed by atoms with Crippen molar-refractivity contribution in [3.63, 3.8) is 0 Å². The van der Waals surface area contributed by atoms with Gasteiger partial charge in [-0.15, -0.1) is 0 Å². The first-order valence-corrected chi connectivity index (χ1v) is 5.82. The molecule has 2 atom stereocenters. The molecule has 1 fully saturated rings. The van der Waals surface area contributed by atoms with E-state index >= 15 is 0 Å². The predicted octanol–water partition coefficient (Wildman–Crippen LogP) is 2.17. The van der Waals surface area contributed by atoms with Gasteiger partial charge in [-0.25, -0.2) is 0 Å². The maximum absolute atomic E-state index is 6.00. The van der Waals surface area contributed by atoms with Crippen molar-refractivity contribution in [2.75, 3.05) is 13.1 Å². The molecule has 1 aliphatic rings. The molecule has 2 heteroatoms. The van der Waals surface area contributed by atoms with E-state index in [1.165, 1.54) is 24.9 Å². The molecule has 0 saturated carbocycles. The maximum atomic E-state index is 6.00. The number of piperidine rings is 1. The number of hydrogen-bond acceptors (Lipinski definition) is 2. The first kappa shape index (κ1) is 10.7. The first-order valence-electron chi connectivity index (χ1n) is 5.82. The Balaban J connectivity index is 2.04. The van der Waals surface area contributed by atoms with Crippen molar-refractivity contribution in [1.82, 2.24) is 4.90 Å². The standard InChI is InChI=1S/C13H20N2/c1-11(12-6-3-2-4-7-12)15-9-5-8-13(14)10-15/h2-4,6-7,11,13H,5,8-10,14H2,1H3/t11-,13-/m1/s1. The Morgan fingerprint density at radius 1 is 1.33 bits per heavy atom. The Morgan fingerprint density at radius 2 is 2.07 bits per heavy atom. The van der Waals surface area contributed by atoms with E-state index in [1.807, 2.05) is 0 Å². The minimum absolute atomic E-state index is 0.366. The fourth-order valence-corrected chi connectivity index (χ4v) is 2.33. The van der Waals surface area contributed by atoms with Crippen molar-refractivity contribution in [2.24, 2.45) is 5.73 Å². The number of rotatable bonds is 2. The van der Waals surface area contributed by atoms with Crippen LogP contribution in [0.2, 0.25) is 0 Å². The zero-order valence-corrected chi connectivity index (χ0v) is 9.39. The third-order valence-corrected chi connectivity index (χ3v) is 3.32. The molecule has 0 radical (unpaired) electrons. The molecule has 15 heavy (non-hydrogen) atoms. The highest BCUT2D eigenvalue weighted by Crippen LogP contribution is 2.23. The fraction of sp³-hybridized carbons (Fsp3) is 0.538. The molecule has 2 N–H and O–H groups in total. The fourth-order valence-electron chi connectivity index (χ4n) is 2.33. The van der Waals surface area contributed by atoms with E-state index in [2.05, 4.69) is 42.2 Å². The number of nitrogens with zero attached hydrogens (tertiary/aromatic N) is 1. The van der Waals surface area contributed by atoms with Gasteiger partial charge in [0.25, 0.3) is 0 Å². The molecular formula is C13H20N2. The largest absolute Gasteiger partial charge is 0.327 e. The minimum Gasteiger partial charge on any atom is -0.327 e. The molecule has 1 saturated heterocycles. The summed E-state index contributed by atoms with van der Waals surface area (Å²) in [6, 6.07) is 11.5. The Labute approximate surface area is 92.1 Å². The van der Waals surface area contributed by atoms with Gasteiger partial charge in [-0.2, -0.15) is 0 Å². The van der Waals surface area contributed by atoms with Gasteiger partial charge < -0.3 is 5.73 Å². The van der Waals surface area contributed by atoms with Gasteiger partial charge in [0.05, 0.1) is 0 Å². The molecule has 82 valence electrons. The Kier molecular flexibility index (Phi) is 3.39. The lowest BCUT2D eigenvalue weighted by Gasteiger charge is -2.35. The summed E-state index contributed by atoms with van der Waals surface area (Å²) in [5.74, 6) is 0. The zero-order valence-electron chi connectivity index (χ0n) is 9.39. The van der Waals surface area contributed by atoms with Crippen molar-refractivity contribution >= 4 is 0 Å². The molecule has 1 aromatic rings. The van der Waals surface area contributed by atoms with Crippen molar-refractivity contribution < 1.29 is 0 Å². The summed E-state index contributed by atoms with van der Waals surface area (Å²) in [5.41, 5.74) is 7.39. The van der Waals surface area contributed by atoms with Gasteiger partial charge in [0.15, 0.2) is 0 Å². The van der Waals surface area contributed by atoms with Crippen LogP contribution >= 0.6 is 0 Å². The third kappa shape index (κ3) is 2.58. The highest BCUT2D eigenvalue weighted by atomic mass is 15.2. The van der Waals surface area contributed by atoms with Gasteiger partial charge in [-0.05, 0) is 31.9 Å². The molecule has 2 nitrogen and oxygen atoms in total.